The van der Waals surface area contributed by atoms with Gasteiger partial charge in [0, 0.05) is 11.8 Å². The summed E-state index contributed by atoms with van der Waals surface area (Å²) >= 11 is 0. The predicted molar refractivity (Wildman–Crippen MR) is 67.0 cm³/mol. The fourth-order valence-electron chi connectivity index (χ4n) is 1.94. The average Bonchev–Trinajstić information content (AvgIpc) is 2.49. The third-order valence-corrected chi connectivity index (χ3v) is 2.85. The highest BCUT2D eigenvalue weighted by atomic mass is 16.6. The predicted octanol–water partition coefficient (Wildman–Crippen LogP) is 2.23. The monoisotopic (exact) mass is 242 g/mol. The lowest BCUT2D eigenvalue weighted by molar-refractivity contribution is -0.0917. The maximum Gasteiger partial charge on any atom is 0.159 e. The molecule has 2 aromatic rings. The quantitative estimate of drug-likeness (QED) is 0.810. The Labute approximate surface area is 106 Å². The molecule has 18 heavy (non-hydrogen) atoms. The summed E-state index contributed by atoms with van der Waals surface area (Å²) in [6, 6.07) is 11.8. The standard InChI is InChI=1S/C14H14N2O2/c1-2-4-11(5-3-1)14-15-7-6-12(16-14)13-10-17-8-9-18-13/h1-7,13H,8-10H2. The molecule has 1 aliphatic rings. The summed E-state index contributed by atoms with van der Waals surface area (Å²) in [6.07, 6.45) is 1.69. The lowest BCUT2D eigenvalue weighted by atomic mass is 10.2. The first-order chi connectivity index (χ1) is 8.93. The van der Waals surface area contributed by atoms with Gasteiger partial charge in [-0.15, -0.1) is 0 Å². The van der Waals surface area contributed by atoms with Crippen LogP contribution in [-0.2, 0) is 9.47 Å². The van der Waals surface area contributed by atoms with Gasteiger partial charge in [0.25, 0.3) is 0 Å². The van der Waals surface area contributed by atoms with Crippen molar-refractivity contribution in [2.75, 3.05) is 19.8 Å². The summed E-state index contributed by atoms with van der Waals surface area (Å²) in [5.41, 5.74) is 1.89. The molecular formula is C14H14N2O2. The summed E-state index contributed by atoms with van der Waals surface area (Å²) in [7, 11) is 0. The Morgan fingerprint density at radius 1 is 1.06 bits per heavy atom. The Bertz CT molecular complexity index is 510. The molecule has 0 spiro atoms. The van der Waals surface area contributed by atoms with Crippen molar-refractivity contribution in [3.8, 4) is 11.4 Å². The van der Waals surface area contributed by atoms with Gasteiger partial charge in [-0.3, -0.25) is 0 Å². The highest BCUT2D eigenvalue weighted by Gasteiger charge is 2.18. The van der Waals surface area contributed by atoms with Crippen LogP contribution in [0, 0.1) is 0 Å². The van der Waals surface area contributed by atoms with Gasteiger partial charge >= 0.3 is 0 Å². The summed E-state index contributed by atoms with van der Waals surface area (Å²) in [5.74, 6) is 0.724. The van der Waals surface area contributed by atoms with Crippen LogP contribution in [0.2, 0.25) is 0 Å². The van der Waals surface area contributed by atoms with Crippen LogP contribution in [0.15, 0.2) is 42.6 Å². The van der Waals surface area contributed by atoms with E-state index in [1.54, 1.807) is 6.20 Å². The van der Waals surface area contributed by atoms with E-state index in [2.05, 4.69) is 9.97 Å². The first-order valence-corrected chi connectivity index (χ1v) is 6.01. The van der Waals surface area contributed by atoms with E-state index >= 15 is 0 Å². The van der Waals surface area contributed by atoms with Crippen molar-refractivity contribution in [3.05, 3.63) is 48.3 Å². The molecule has 0 bridgehead atoms. The molecule has 0 N–H and O–H groups in total. The van der Waals surface area contributed by atoms with Crippen molar-refractivity contribution < 1.29 is 9.47 Å². The van der Waals surface area contributed by atoms with Crippen LogP contribution in [0.1, 0.15) is 11.8 Å². The second-order valence-corrected chi connectivity index (χ2v) is 4.11. The van der Waals surface area contributed by atoms with Gasteiger partial charge in [-0.2, -0.15) is 0 Å². The van der Waals surface area contributed by atoms with Crippen LogP contribution in [0.5, 0.6) is 0 Å². The number of hydrogen-bond donors (Lipinski definition) is 0. The molecule has 1 aromatic heterocycles. The van der Waals surface area contributed by atoms with Gasteiger partial charge in [0.05, 0.1) is 25.5 Å². The molecule has 1 atom stereocenters. The summed E-state index contributed by atoms with van der Waals surface area (Å²) in [6.45, 7) is 1.84. The zero-order chi connectivity index (χ0) is 12.2. The molecule has 1 unspecified atom stereocenters. The molecule has 1 fully saturated rings. The van der Waals surface area contributed by atoms with E-state index in [9.17, 15) is 0 Å². The van der Waals surface area contributed by atoms with Crippen LogP contribution >= 0.6 is 0 Å². The highest BCUT2D eigenvalue weighted by molar-refractivity contribution is 5.54. The van der Waals surface area contributed by atoms with E-state index in [4.69, 9.17) is 9.47 Å². The lowest BCUT2D eigenvalue weighted by Gasteiger charge is -2.22. The van der Waals surface area contributed by atoms with Crippen LogP contribution in [0.3, 0.4) is 0 Å². The molecule has 2 heterocycles. The molecule has 4 nitrogen and oxygen atoms in total. The van der Waals surface area contributed by atoms with Gasteiger partial charge in [0.2, 0.25) is 0 Å². The fraction of sp³-hybridized carbons (Fsp3) is 0.286. The van der Waals surface area contributed by atoms with Crippen molar-refractivity contribution in [1.82, 2.24) is 9.97 Å². The fourth-order valence-corrected chi connectivity index (χ4v) is 1.94. The number of benzene rings is 1. The molecule has 1 aromatic carbocycles. The summed E-state index contributed by atoms with van der Waals surface area (Å²) in [5, 5.41) is 0. The smallest absolute Gasteiger partial charge is 0.159 e. The lowest BCUT2D eigenvalue weighted by Crippen LogP contribution is -2.22. The number of rotatable bonds is 2. The molecule has 0 amide bonds. The Balaban J connectivity index is 1.89. The van der Waals surface area contributed by atoms with Crippen molar-refractivity contribution in [2.24, 2.45) is 0 Å². The molecule has 0 radical (unpaired) electrons. The van der Waals surface area contributed by atoms with Gasteiger partial charge in [0.1, 0.15) is 6.10 Å². The Morgan fingerprint density at radius 2 is 1.94 bits per heavy atom. The SMILES string of the molecule is c1ccc(-c2nccc(C3COCCO3)n2)cc1. The van der Waals surface area contributed by atoms with E-state index in [0.717, 1.165) is 17.1 Å². The van der Waals surface area contributed by atoms with Crippen molar-refractivity contribution in [3.63, 3.8) is 0 Å². The Hall–Kier alpha value is -1.78. The summed E-state index contributed by atoms with van der Waals surface area (Å²) in [4.78, 5) is 8.85. The molecule has 3 rings (SSSR count). The zero-order valence-electron chi connectivity index (χ0n) is 9.95. The largest absolute Gasteiger partial charge is 0.376 e. The maximum absolute atomic E-state index is 5.64. The van der Waals surface area contributed by atoms with Crippen LogP contribution in [-0.4, -0.2) is 29.8 Å². The molecule has 0 saturated carbocycles. The number of hydrogen-bond acceptors (Lipinski definition) is 4. The van der Waals surface area contributed by atoms with E-state index in [-0.39, 0.29) is 6.10 Å². The highest BCUT2D eigenvalue weighted by Crippen LogP contribution is 2.21. The molecular weight excluding hydrogens is 228 g/mol. The van der Waals surface area contributed by atoms with E-state index in [1.807, 2.05) is 36.4 Å². The first-order valence-electron chi connectivity index (χ1n) is 6.01. The zero-order valence-corrected chi connectivity index (χ0v) is 9.95. The molecule has 4 heteroatoms. The normalized spacial score (nSPS) is 19.7. The minimum atomic E-state index is -0.0794. The van der Waals surface area contributed by atoms with Crippen molar-refractivity contribution in [1.29, 1.82) is 0 Å². The molecule has 1 saturated heterocycles. The van der Waals surface area contributed by atoms with Crippen LogP contribution in [0.25, 0.3) is 11.4 Å². The molecule has 0 aliphatic carbocycles. The summed E-state index contributed by atoms with van der Waals surface area (Å²) < 4.78 is 11.0. The van der Waals surface area contributed by atoms with E-state index in [0.29, 0.717) is 19.8 Å². The topological polar surface area (TPSA) is 44.2 Å². The van der Waals surface area contributed by atoms with Gasteiger partial charge in [-0.25, -0.2) is 9.97 Å². The van der Waals surface area contributed by atoms with Crippen molar-refractivity contribution in [2.45, 2.75) is 6.10 Å². The second kappa shape index (κ2) is 5.25. The average molecular weight is 242 g/mol. The number of ether oxygens (including phenoxy) is 2. The Kier molecular flexibility index (Phi) is 3.30. The van der Waals surface area contributed by atoms with E-state index < -0.39 is 0 Å². The maximum atomic E-state index is 5.64. The first kappa shape index (κ1) is 11.3. The molecule has 92 valence electrons. The second-order valence-electron chi connectivity index (χ2n) is 4.11. The minimum absolute atomic E-state index is 0.0794. The number of nitrogens with zero attached hydrogens (tertiary/aromatic N) is 2. The van der Waals surface area contributed by atoms with Gasteiger partial charge in [0.15, 0.2) is 5.82 Å². The third kappa shape index (κ3) is 2.39. The van der Waals surface area contributed by atoms with E-state index in [1.165, 1.54) is 0 Å². The van der Waals surface area contributed by atoms with Gasteiger partial charge < -0.3 is 9.47 Å². The Morgan fingerprint density at radius 3 is 2.72 bits per heavy atom. The number of aromatic nitrogens is 2. The van der Waals surface area contributed by atoms with Crippen molar-refractivity contribution >= 4 is 0 Å². The van der Waals surface area contributed by atoms with Crippen LogP contribution in [0.4, 0.5) is 0 Å². The molecule has 1 aliphatic heterocycles. The minimum Gasteiger partial charge on any atom is -0.376 e. The van der Waals surface area contributed by atoms with Gasteiger partial charge in [-0.05, 0) is 6.07 Å². The van der Waals surface area contributed by atoms with Crippen LogP contribution < -0.4 is 0 Å². The third-order valence-electron chi connectivity index (χ3n) is 2.85. The van der Waals surface area contributed by atoms with Gasteiger partial charge in [-0.1, -0.05) is 30.3 Å².